The van der Waals surface area contributed by atoms with Crippen LogP contribution in [-0.2, 0) is 10.8 Å². The molecule has 0 radical (unpaired) electrons. The molecule has 0 bridgehead atoms. The molecule has 0 amide bonds. The van der Waals surface area contributed by atoms with E-state index in [1.807, 2.05) is 12.1 Å². The highest BCUT2D eigenvalue weighted by atomic mass is 16.5. The van der Waals surface area contributed by atoms with Crippen molar-refractivity contribution in [3.05, 3.63) is 23.3 Å². The van der Waals surface area contributed by atoms with E-state index in [0.717, 1.165) is 16.9 Å². The van der Waals surface area contributed by atoms with Gasteiger partial charge in [0, 0.05) is 0 Å². The molecule has 17 heavy (non-hydrogen) atoms. The Kier molecular flexibility index (Phi) is 3.47. The predicted octanol–water partition coefficient (Wildman–Crippen LogP) is 3.36. The van der Waals surface area contributed by atoms with Crippen molar-refractivity contribution >= 4 is 0 Å². The second kappa shape index (κ2) is 4.25. The van der Waals surface area contributed by atoms with Crippen LogP contribution in [0.3, 0.4) is 0 Å². The van der Waals surface area contributed by atoms with E-state index in [1.54, 1.807) is 7.11 Å². The normalized spacial score (nSPS) is 12.6. The number of rotatable bonds is 1. The zero-order valence-electron chi connectivity index (χ0n) is 12.0. The molecule has 1 aromatic rings. The summed E-state index contributed by atoms with van der Waals surface area (Å²) in [7, 11) is 1.64. The van der Waals surface area contributed by atoms with Crippen LogP contribution < -0.4 is 9.84 Å². The van der Waals surface area contributed by atoms with Gasteiger partial charge in [0.1, 0.15) is 5.75 Å². The first-order valence-electron chi connectivity index (χ1n) is 5.97. The standard InChI is InChI=1S/C15H24O2/c1-14(2,3)11-8-10(17-7)9-12(13(11)16)15(4,5)6/h8-9,16H,1-7H3/p-1. The fraction of sp³-hybridized carbons (Fsp3) is 0.600. The van der Waals surface area contributed by atoms with Crippen LogP contribution in [0, 0.1) is 0 Å². The third kappa shape index (κ3) is 2.93. The van der Waals surface area contributed by atoms with Crippen molar-refractivity contribution in [2.75, 3.05) is 7.11 Å². The van der Waals surface area contributed by atoms with Crippen LogP contribution in [0.25, 0.3) is 0 Å². The molecule has 0 aromatic heterocycles. The van der Waals surface area contributed by atoms with Gasteiger partial charge in [-0.2, -0.15) is 0 Å². The summed E-state index contributed by atoms with van der Waals surface area (Å²) in [5.74, 6) is 0.908. The van der Waals surface area contributed by atoms with Gasteiger partial charge in [0.25, 0.3) is 0 Å². The Labute approximate surface area is 105 Å². The van der Waals surface area contributed by atoms with E-state index < -0.39 is 0 Å². The number of hydrogen-bond acceptors (Lipinski definition) is 2. The van der Waals surface area contributed by atoms with E-state index in [4.69, 9.17) is 4.74 Å². The monoisotopic (exact) mass is 235 g/mol. The lowest BCUT2D eigenvalue weighted by molar-refractivity contribution is -0.271. The summed E-state index contributed by atoms with van der Waals surface area (Å²) < 4.78 is 5.30. The second-order valence-corrected chi connectivity index (χ2v) is 6.55. The van der Waals surface area contributed by atoms with Gasteiger partial charge in [0.15, 0.2) is 0 Å². The molecule has 0 aliphatic carbocycles. The lowest BCUT2D eigenvalue weighted by Gasteiger charge is -2.33. The molecule has 0 heterocycles. The van der Waals surface area contributed by atoms with Crippen LogP contribution in [0.15, 0.2) is 12.1 Å². The topological polar surface area (TPSA) is 32.3 Å². The number of methoxy groups -OCH3 is 1. The third-order valence-corrected chi connectivity index (χ3v) is 2.91. The fourth-order valence-corrected chi connectivity index (χ4v) is 1.83. The minimum absolute atomic E-state index is 0.144. The molecule has 2 nitrogen and oxygen atoms in total. The summed E-state index contributed by atoms with van der Waals surface area (Å²) in [5, 5.41) is 12.5. The van der Waals surface area contributed by atoms with Crippen LogP contribution in [0.1, 0.15) is 52.7 Å². The Bertz CT molecular complexity index is 371. The predicted molar refractivity (Wildman–Crippen MR) is 69.8 cm³/mol. The maximum Gasteiger partial charge on any atom is 0.119 e. The van der Waals surface area contributed by atoms with E-state index in [2.05, 4.69) is 41.5 Å². The van der Waals surface area contributed by atoms with Gasteiger partial charge in [-0.15, -0.1) is 5.75 Å². The van der Waals surface area contributed by atoms with Gasteiger partial charge >= 0.3 is 0 Å². The van der Waals surface area contributed by atoms with Crippen molar-refractivity contribution in [1.82, 2.24) is 0 Å². The molecule has 0 unspecified atom stereocenters. The SMILES string of the molecule is COc1cc(C(C)(C)C)c([O-])c(C(C)(C)C)c1. The molecule has 0 saturated heterocycles. The Morgan fingerprint density at radius 3 is 1.47 bits per heavy atom. The van der Waals surface area contributed by atoms with Crippen molar-refractivity contribution in [3.63, 3.8) is 0 Å². The molecule has 0 spiro atoms. The highest BCUT2D eigenvalue weighted by Crippen LogP contribution is 2.39. The van der Waals surface area contributed by atoms with Crippen molar-refractivity contribution in [3.8, 4) is 11.5 Å². The molecular weight excluding hydrogens is 212 g/mol. The summed E-state index contributed by atoms with van der Waals surface area (Å²) in [4.78, 5) is 0. The van der Waals surface area contributed by atoms with E-state index in [1.165, 1.54) is 0 Å². The zero-order chi connectivity index (χ0) is 13.4. The molecule has 1 aromatic carbocycles. The minimum Gasteiger partial charge on any atom is -0.872 e. The van der Waals surface area contributed by atoms with Gasteiger partial charge in [-0.05, 0) is 34.1 Å². The lowest BCUT2D eigenvalue weighted by Crippen LogP contribution is -2.21. The Balaban J connectivity index is 3.53. The molecule has 2 heteroatoms. The third-order valence-electron chi connectivity index (χ3n) is 2.91. The smallest absolute Gasteiger partial charge is 0.119 e. The summed E-state index contributed by atoms with van der Waals surface area (Å²) >= 11 is 0. The molecular formula is C15H23O2-. The maximum absolute atomic E-state index is 12.5. The number of benzene rings is 1. The molecule has 0 aliphatic rings. The Morgan fingerprint density at radius 2 is 1.24 bits per heavy atom. The summed E-state index contributed by atoms with van der Waals surface area (Å²) in [6.45, 7) is 12.3. The van der Waals surface area contributed by atoms with Crippen molar-refractivity contribution < 1.29 is 9.84 Å². The van der Waals surface area contributed by atoms with Gasteiger partial charge in [-0.3, -0.25) is 0 Å². The fourth-order valence-electron chi connectivity index (χ4n) is 1.83. The van der Waals surface area contributed by atoms with E-state index in [-0.39, 0.29) is 16.6 Å². The minimum atomic E-state index is -0.161. The van der Waals surface area contributed by atoms with Gasteiger partial charge < -0.3 is 9.84 Å². The molecule has 0 atom stereocenters. The Hall–Kier alpha value is -1.18. The van der Waals surface area contributed by atoms with Crippen LogP contribution in [0.5, 0.6) is 11.5 Å². The highest BCUT2D eigenvalue weighted by Gasteiger charge is 2.22. The lowest BCUT2D eigenvalue weighted by atomic mass is 9.79. The van der Waals surface area contributed by atoms with Crippen LogP contribution >= 0.6 is 0 Å². The number of hydrogen-bond donors (Lipinski definition) is 0. The van der Waals surface area contributed by atoms with E-state index in [9.17, 15) is 5.11 Å². The maximum atomic E-state index is 12.5. The zero-order valence-corrected chi connectivity index (χ0v) is 12.0. The molecule has 0 N–H and O–H groups in total. The van der Waals surface area contributed by atoms with Gasteiger partial charge in [-0.1, -0.05) is 41.5 Å². The van der Waals surface area contributed by atoms with Crippen molar-refractivity contribution in [2.24, 2.45) is 0 Å². The summed E-state index contributed by atoms with van der Waals surface area (Å²) in [6, 6.07) is 3.72. The first-order chi connectivity index (χ1) is 7.57. The largest absolute Gasteiger partial charge is 0.872 e. The molecule has 0 fully saturated rings. The van der Waals surface area contributed by atoms with Crippen LogP contribution in [-0.4, -0.2) is 7.11 Å². The van der Waals surface area contributed by atoms with Gasteiger partial charge in [0.2, 0.25) is 0 Å². The van der Waals surface area contributed by atoms with Crippen molar-refractivity contribution in [1.29, 1.82) is 0 Å². The molecule has 0 aliphatic heterocycles. The van der Waals surface area contributed by atoms with E-state index >= 15 is 0 Å². The summed E-state index contributed by atoms with van der Waals surface area (Å²) in [6.07, 6.45) is 0. The molecule has 96 valence electrons. The highest BCUT2D eigenvalue weighted by molar-refractivity contribution is 5.51. The average Bonchev–Trinajstić information content (AvgIpc) is 2.14. The quantitative estimate of drug-likeness (QED) is 0.747. The van der Waals surface area contributed by atoms with Crippen LogP contribution in [0.2, 0.25) is 0 Å². The van der Waals surface area contributed by atoms with Crippen molar-refractivity contribution in [2.45, 2.75) is 52.4 Å². The summed E-state index contributed by atoms with van der Waals surface area (Å²) in [5.41, 5.74) is 1.32. The first kappa shape index (κ1) is 13.9. The average molecular weight is 235 g/mol. The van der Waals surface area contributed by atoms with Gasteiger partial charge in [0.05, 0.1) is 7.11 Å². The van der Waals surface area contributed by atoms with Gasteiger partial charge in [-0.25, -0.2) is 0 Å². The second-order valence-electron chi connectivity index (χ2n) is 6.55. The Morgan fingerprint density at radius 1 is 0.882 bits per heavy atom. The van der Waals surface area contributed by atoms with E-state index in [0.29, 0.717) is 0 Å². The first-order valence-corrected chi connectivity index (χ1v) is 5.97. The molecule has 0 saturated carbocycles. The molecule has 1 rings (SSSR count). The van der Waals surface area contributed by atoms with Crippen LogP contribution in [0.4, 0.5) is 0 Å². The number of ether oxygens (including phenoxy) is 1.